The maximum atomic E-state index is 13.8. The van der Waals surface area contributed by atoms with Crippen molar-refractivity contribution in [3.63, 3.8) is 0 Å². The van der Waals surface area contributed by atoms with Gasteiger partial charge in [0.05, 0.1) is 24.3 Å². The van der Waals surface area contributed by atoms with Crippen molar-refractivity contribution in [1.29, 1.82) is 0 Å². The van der Waals surface area contributed by atoms with E-state index >= 15 is 0 Å². The van der Waals surface area contributed by atoms with Crippen molar-refractivity contribution in [2.45, 2.75) is 13.1 Å². The first-order chi connectivity index (χ1) is 12.9. The van der Waals surface area contributed by atoms with E-state index in [1.165, 1.54) is 41.1 Å². The van der Waals surface area contributed by atoms with Crippen molar-refractivity contribution in [3.05, 3.63) is 69.5 Å². The SMILES string of the molecule is COc1ccc(CN(C)C(=O)Cn2cnc3ccc(Cl)cc3c2=O)cc1F. The van der Waals surface area contributed by atoms with E-state index in [4.69, 9.17) is 16.3 Å². The van der Waals surface area contributed by atoms with Crippen LogP contribution >= 0.6 is 11.6 Å². The molecule has 0 aliphatic rings. The van der Waals surface area contributed by atoms with Crippen LogP contribution in [-0.2, 0) is 17.9 Å². The minimum Gasteiger partial charge on any atom is -0.494 e. The number of aromatic nitrogens is 2. The van der Waals surface area contributed by atoms with Gasteiger partial charge in [-0.3, -0.25) is 14.2 Å². The van der Waals surface area contributed by atoms with Crippen molar-refractivity contribution >= 4 is 28.4 Å². The predicted octanol–water partition coefficient (Wildman–Crippen LogP) is 2.86. The molecule has 0 fully saturated rings. The Morgan fingerprint density at radius 2 is 2.07 bits per heavy atom. The number of nitrogens with zero attached hydrogens (tertiary/aromatic N) is 3. The van der Waals surface area contributed by atoms with Crippen LogP contribution in [0.15, 0.2) is 47.5 Å². The minimum absolute atomic E-state index is 0.139. The topological polar surface area (TPSA) is 64.4 Å². The molecule has 2 aromatic carbocycles. The number of benzene rings is 2. The van der Waals surface area contributed by atoms with E-state index in [9.17, 15) is 14.0 Å². The second kappa shape index (κ2) is 7.75. The summed E-state index contributed by atoms with van der Waals surface area (Å²) in [4.78, 5) is 30.6. The summed E-state index contributed by atoms with van der Waals surface area (Å²) in [7, 11) is 2.97. The molecule has 0 aliphatic carbocycles. The van der Waals surface area contributed by atoms with Crippen molar-refractivity contribution in [1.82, 2.24) is 14.5 Å². The van der Waals surface area contributed by atoms with Crippen LogP contribution in [0.25, 0.3) is 10.9 Å². The maximum Gasteiger partial charge on any atom is 0.261 e. The molecular weight excluding hydrogens is 373 g/mol. The highest BCUT2D eigenvalue weighted by Gasteiger charge is 2.14. The Hall–Kier alpha value is -2.93. The van der Waals surface area contributed by atoms with E-state index in [0.717, 1.165) is 0 Å². The van der Waals surface area contributed by atoms with Gasteiger partial charge in [-0.25, -0.2) is 9.37 Å². The van der Waals surface area contributed by atoms with E-state index in [0.29, 0.717) is 21.5 Å². The molecule has 1 amide bonds. The molecule has 27 heavy (non-hydrogen) atoms. The number of carbonyl (C=O) groups is 1. The first-order valence-corrected chi connectivity index (χ1v) is 8.48. The second-order valence-electron chi connectivity index (χ2n) is 6.06. The number of amides is 1. The van der Waals surface area contributed by atoms with E-state index in [1.54, 1.807) is 25.2 Å². The first kappa shape index (κ1) is 18.8. The molecule has 0 bridgehead atoms. The number of hydrogen-bond donors (Lipinski definition) is 0. The average Bonchev–Trinajstić information content (AvgIpc) is 2.64. The Bertz CT molecular complexity index is 1070. The molecule has 1 heterocycles. The normalized spacial score (nSPS) is 10.8. The Morgan fingerprint density at radius 1 is 1.30 bits per heavy atom. The van der Waals surface area contributed by atoms with Gasteiger partial charge in [0, 0.05) is 18.6 Å². The average molecular weight is 390 g/mol. The third kappa shape index (κ3) is 4.09. The van der Waals surface area contributed by atoms with E-state index in [2.05, 4.69) is 4.98 Å². The maximum absolute atomic E-state index is 13.8. The molecule has 6 nitrogen and oxygen atoms in total. The molecule has 8 heteroatoms. The first-order valence-electron chi connectivity index (χ1n) is 8.10. The summed E-state index contributed by atoms with van der Waals surface area (Å²) in [6, 6.07) is 9.32. The van der Waals surface area contributed by atoms with Gasteiger partial charge in [-0.1, -0.05) is 17.7 Å². The molecule has 0 N–H and O–H groups in total. The number of hydrogen-bond acceptors (Lipinski definition) is 4. The lowest BCUT2D eigenvalue weighted by Gasteiger charge is -2.18. The number of halogens is 2. The zero-order chi connectivity index (χ0) is 19.6. The molecule has 0 aliphatic heterocycles. The molecule has 0 radical (unpaired) electrons. The zero-order valence-electron chi connectivity index (χ0n) is 14.8. The van der Waals surface area contributed by atoms with Gasteiger partial charge in [0.2, 0.25) is 5.91 Å². The van der Waals surface area contributed by atoms with Crippen LogP contribution in [0.3, 0.4) is 0 Å². The summed E-state index contributed by atoms with van der Waals surface area (Å²) >= 11 is 5.93. The van der Waals surface area contributed by atoms with Crippen LogP contribution in [0.5, 0.6) is 5.75 Å². The van der Waals surface area contributed by atoms with Crippen molar-refractivity contribution in [2.75, 3.05) is 14.2 Å². The lowest BCUT2D eigenvalue weighted by Crippen LogP contribution is -2.33. The zero-order valence-corrected chi connectivity index (χ0v) is 15.5. The molecule has 3 aromatic rings. The summed E-state index contributed by atoms with van der Waals surface area (Å²) in [6.45, 7) is 0.0186. The Balaban J connectivity index is 1.76. The minimum atomic E-state index is -0.498. The third-order valence-electron chi connectivity index (χ3n) is 4.15. The fourth-order valence-electron chi connectivity index (χ4n) is 2.68. The number of ether oxygens (including phenoxy) is 1. The van der Waals surface area contributed by atoms with Crippen LogP contribution in [0.4, 0.5) is 4.39 Å². The second-order valence-corrected chi connectivity index (χ2v) is 6.49. The van der Waals surface area contributed by atoms with Crippen LogP contribution < -0.4 is 10.3 Å². The van der Waals surface area contributed by atoms with Gasteiger partial charge in [0.1, 0.15) is 6.54 Å². The standard InChI is InChI=1S/C19H17ClFN3O3/c1-23(9-12-3-6-17(27-2)15(21)7-12)18(25)10-24-11-22-16-5-4-13(20)8-14(16)19(24)26/h3-8,11H,9-10H2,1-2H3. The summed E-state index contributed by atoms with van der Waals surface area (Å²) in [5, 5.41) is 0.766. The highest BCUT2D eigenvalue weighted by Crippen LogP contribution is 2.18. The molecule has 140 valence electrons. The lowest BCUT2D eigenvalue weighted by molar-refractivity contribution is -0.131. The van der Waals surface area contributed by atoms with Gasteiger partial charge in [-0.2, -0.15) is 0 Å². The number of carbonyl (C=O) groups excluding carboxylic acids is 1. The third-order valence-corrected chi connectivity index (χ3v) is 4.39. The molecular formula is C19H17ClFN3O3. The molecule has 0 unspecified atom stereocenters. The fraction of sp³-hybridized carbons (Fsp3) is 0.211. The lowest BCUT2D eigenvalue weighted by atomic mass is 10.2. The highest BCUT2D eigenvalue weighted by atomic mass is 35.5. The summed E-state index contributed by atoms with van der Waals surface area (Å²) in [5.41, 5.74) is 0.773. The van der Waals surface area contributed by atoms with Gasteiger partial charge in [-0.15, -0.1) is 0 Å². The highest BCUT2D eigenvalue weighted by molar-refractivity contribution is 6.31. The number of methoxy groups -OCH3 is 1. The molecule has 1 aromatic heterocycles. The quantitative estimate of drug-likeness (QED) is 0.673. The van der Waals surface area contributed by atoms with Crippen LogP contribution in [0, 0.1) is 5.82 Å². The van der Waals surface area contributed by atoms with E-state index in [1.807, 2.05) is 0 Å². The van der Waals surface area contributed by atoms with Crippen LogP contribution in [0.2, 0.25) is 5.02 Å². The molecule has 0 atom stereocenters. The summed E-state index contributed by atoms with van der Waals surface area (Å²) in [6.07, 6.45) is 1.33. The van der Waals surface area contributed by atoms with E-state index < -0.39 is 5.82 Å². The van der Waals surface area contributed by atoms with Crippen LogP contribution in [-0.4, -0.2) is 34.5 Å². The predicted molar refractivity (Wildman–Crippen MR) is 100 cm³/mol. The van der Waals surface area contributed by atoms with Gasteiger partial charge in [0.15, 0.2) is 11.6 Å². The monoisotopic (exact) mass is 389 g/mol. The summed E-state index contributed by atoms with van der Waals surface area (Å²) < 4.78 is 19.9. The summed E-state index contributed by atoms with van der Waals surface area (Å²) in [5.74, 6) is -0.667. The number of rotatable bonds is 5. The van der Waals surface area contributed by atoms with Crippen molar-refractivity contribution in [2.24, 2.45) is 0 Å². The molecule has 0 spiro atoms. The molecule has 0 saturated heterocycles. The Morgan fingerprint density at radius 3 is 2.78 bits per heavy atom. The number of fused-ring (bicyclic) bond motifs is 1. The van der Waals surface area contributed by atoms with Gasteiger partial charge in [0.25, 0.3) is 5.56 Å². The Kier molecular flexibility index (Phi) is 5.41. The van der Waals surface area contributed by atoms with Gasteiger partial charge in [-0.05, 0) is 35.9 Å². The van der Waals surface area contributed by atoms with E-state index in [-0.39, 0.29) is 30.3 Å². The van der Waals surface area contributed by atoms with Gasteiger partial charge >= 0.3 is 0 Å². The molecule has 0 saturated carbocycles. The van der Waals surface area contributed by atoms with Crippen molar-refractivity contribution in [3.8, 4) is 5.75 Å². The molecule has 3 rings (SSSR count). The smallest absolute Gasteiger partial charge is 0.261 e. The fourth-order valence-corrected chi connectivity index (χ4v) is 2.85. The number of likely N-dealkylation sites (N-methyl/N-ethyl adjacent to an activating group) is 1. The van der Waals surface area contributed by atoms with Crippen molar-refractivity contribution < 1.29 is 13.9 Å². The van der Waals surface area contributed by atoms with Gasteiger partial charge < -0.3 is 9.64 Å². The Labute approximate surface area is 159 Å². The largest absolute Gasteiger partial charge is 0.494 e. The van der Waals surface area contributed by atoms with Crippen LogP contribution in [0.1, 0.15) is 5.56 Å².